The van der Waals surface area contributed by atoms with Crippen molar-refractivity contribution in [2.24, 2.45) is 4.99 Å². The van der Waals surface area contributed by atoms with Crippen molar-refractivity contribution >= 4 is 17.8 Å². The number of benzene rings is 1. The Labute approximate surface area is 101 Å². The Morgan fingerprint density at radius 1 is 1.44 bits per heavy atom. The quantitative estimate of drug-likeness (QED) is 0.789. The summed E-state index contributed by atoms with van der Waals surface area (Å²) in [5, 5.41) is 0.669. The molecule has 1 aromatic rings. The van der Waals surface area contributed by atoms with Gasteiger partial charge in [0.1, 0.15) is 5.75 Å². The lowest BCUT2D eigenvalue weighted by Crippen LogP contribution is -2.14. The molecule has 0 saturated carbocycles. The highest BCUT2D eigenvalue weighted by Crippen LogP contribution is 2.30. The van der Waals surface area contributed by atoms with Crippen LogP contribution in [0.5, 0.6) is 5.75 Å². The molecule has 2 nitrogen and oxygen atoms in total. The molecule has 1 aromatic carbocycles. The topological polar surface area (TPSA) is 21.6 Å². The third-order valence-corrected chi connectivity index (χ3v) is 3.14. The minimum absolute atomic E-state index is 0.406. The Hall–Kier alpha value is -1.02. The second-order valence-corrected chi connectivity index (χ2v) is 4.37. The Balaban J connectivity index is 2.34. The zero-order chi connectivity index (χ0) is 11.5. The van der Waals surface area contributed by atoms with E-state index in [1.807, 2.05) is 19.2 Å². The maximum absolute atomic E-state index is 6.12. The molecule has 0 bridgehead atoms. The van der Waals surface area contributed by atoms with Crippen LogP contribution in [-0.2, 0) is 6.42 Å². The molecule has 0 spiro atoms. The summed E-state index contributed by atoms with van der Waals surface area (Å²) in [6, 6.07) is 4.40. The number of halogens is 1. The summed E-state index contributed by atoms with van der Waals surface area (Å²) in [4.78, 5) is 4.48. The molecular formula is C13H16ClNO. The molecule has 1 aliphatic heterocycles. The summed E-state index contributed by atoms with van der Waals surface area (Å²) >= 11 is 6.12. The number of fused-ring (bicyclic) bond motifs is 1. The first kappa shape index (κ1) is 11.5. The molecular weight excluding hydrogens is 222 g/mol. The molecule has 16 heavy (non-hydrogen) atoms. The Morgan fingerprint density at radius 3 is 2.94 bits per heavy atom. The van der Waals surface area contributed by atoms with Crippen LogP contribution in [0, 0.1) is 0 Å². The van der Waals surface area contributed by atoms with Gasteiger partial charge in [-0.2, -0.15) is 0 Å². The lowest BCUT2D eigenvalue weighted by Gasteiger charge is -2.19. The molecule has 0 aromatic heterocycles. The molecule has 1 aliphatic rings. The van der Waals surface area contributed by atoms with Gasteiger partial charge in [0.05, 0.1) is 17.7 Å². The summed E-state index contributed by atoms with van der Waals surface area (Å²) in [7, 11) is 0. The van der Waals surface area contributed by atoms with Gasteiger partial charge in [0, 0.05) is 6.21 Å². The third kappa shape index (κ3) is 2.22. The smallest absolute Gasteiger partial charge is 0.138 e. The van der Waals surface area contributed by atoms with Crippen molar-refractivity contribution in [3.63, 3.8) is 0 Å². The molecule has 1 heterocycles. The molecule has 3 heteroatoms. The number of nitrogens with zero attached hydrogens (tertiary/aromatic N) is 1. The maximum Gasteiger partial charge on any atom is 0.138 e. The number of hydrogen-bond acceptors (Lipinski definition) is 2. The fourth-order valence-electron chi connectivity index (χ4n) is 1.92. The summed E-state index contributed by atoms with van der Waals surface area (Å²) in [6.07, 6.45) is 3.98. The first-order chi connectivity index (χ1) is 7.74. The molecule has 1 unspecified atom stereocenters. The van der Waals surface area contributed by atoms with Crippen LogP contribution in [-0.4, -0.2) is 18.9 Å². The minimum Gasteiger partial charge on any atom is -0.492 e. The lowest BCUT2D eigenvalue weighted by atomic mass is 9.96. The average molecular weight is 238 g/mol. The maximum atomic E-state index is 6.12. The van der Waals surface area contributed by atoms with Crippen LogP contribution in [0.4, 0.5) is 0 Å². The van der Waals surface area contributed by atoms with Crippen molar-refractivity contribution in [1.82, 2.24) is 0 Å². The van der Waals surface area contributed by atoms with Gasteiger partial charge in [0.25, 0.3) is 0 Å². The van der Waals surface area contributed by atoms with E-state index in [0.717, 1.165) is 24.2 Å². The summed E-state index contributed by atoms with van der Waals surface area (Å²) in [5.74, 6) is 0.785. The predicted octanol–water partition coefficient (Wildman–Crippen LogP) is 3.49. The molecule has 0 fully saturated rings. The minimum atomic E-state index is 0.406. The second-order valence-electron chi connectivity index (χ2n) is 3.96. The van der Waals surface area contributed by atoms with Gasteiger partial charge in [0.2, 0.25) is 0 Å². The highest BCUT2D eigenvalue weighted by Gasteiger charge is 2.16. The van der Waals surface area contributed by atoms with Crippen LogP contribution in [0.15, 0.2) is 17.1 Å². The number of hydrogen-bond donors (Lipinski definition) is 0. The molecule has 0 saturated heterocycles. The zero-order valence-electron chi connectivity index (χ0n) is 9.66. The first-order valence-corrected chi connectivity index (χ1v) is 6.10. The summed E-state index contributed by atoms with van der Waals surface area (Å²) in [6.45, 7) is 4.77. The molecule has 0 N–H and O–H groups in total. The van der Waals surface area contributed by atoms with Gasteiger partial charge in [-0.1, -0.05) is 18.5 Å². The number of ether oxygens (including phenoxy) is 1. The monoisotopic (exact) mass is 237 g/mol. The standard InChI is InChI=1S/C13H16ClNO/c1-3-11-5-9-7-13(16-4-2)12(14)6-10(9)8-15-11/h6-8,11H,3-5H2,1-2H3. The summed E-state index contributed by atoms with van der Waals surface area (Å²) < 4.78 is 5.50. The van der Waals surface area contributed by atoms with E-state index < -0.39 is 0 Å². The van der Waals surface area contributed by atoms with E-state index >= 15 is 0 Å². The van der Waals surface area contributed by atoms with Gasteiger partial charge < -0.3 is 4.74 Å². The normalized spacial score (nSPS) is 18.3. The van der Waals surface area contributed by atoms with Gasteiger partial charge in [-0.05, 0) is 43.0 Å². The van der Waals surface area contributed by atoms with Crippen molar-refractivity contribution in [2.75, 3.05) is 6.61 Å². The van der Waals surface area contributed by atoms with Crippen LogP contribution < -0.4 is 4.74 Å². The molecule has 0 amide bonds. The fraction of sp³-hybridized carbons (Fsp3) is 0.462. The highest BCUT2D eigenvalue weighted by atomic mass is 35.5. The Morgan fingerprint density at radius 2 is 2.25 bits per heavy atom. The molecule has 2 rings (SSSR count). The number of rotatable bonds is 3. The van der Waals surface area contributed by atoms with E-state index in [4.69, 9.17) is 16.3 Å². The van der Waals surface area contributed by atoms with Crippen LogP contribution in [0.1, 0.15) is 31.4 Å². The molecule has 0 aliphatic carbocycles. The van der Waals surface area contributed by atoms with E-state index in [1.165, 1.54) is 5.56 Å². The van der Waals surface area contributed by atoms with Gasteiger partial charge in [-0.3, -0.25) is 4.99 Å². The van der Waals surface area contributed by atoms with Crippen LogP contribution in [0.3, 0.4) is 0 Å². The molecule has 1 atom stereocenters. The third-order valence-electron chi connectivity index (χ3n) is 2.84. The van der Waals surface area contributed by atoms with Crippen LogP contribution in [0.2, 0.25) is 5.02 Å². The molecule has 0 radical (unpaired) electrons. The fourth-order valence-corrected chi connectivity index (χ4v) is 2.14. The van der Waals surface area contributed by atoms with E-state index in [9.17, 15) is 0 Å². The predicted molar refractivity (Wildman–Crippen MR) is 68.0 cm³/mol. The van der Waals surface area contributed by atoms with E-state index in [-0.39, 0.29) is 0 Å². The highest BCUT2D eigenvalue weighted by molar-refractivity contribution is 6.32. The SMILES string of the molecule is CCOc1cc2c(cc1Cl)C=NC(CC)C2. The van der Waals surface area contributed by atoms with Crippen molar-refractivity contribution in [1.29, 1.82) is 0 Å². The van der Waals surface area contributed by atoms with Crippen LogP contribution >= 0.6 is 11.6 Å². The van der Waals surface area contributed by atoms with Crippen LogP contribution in [0.25, 0.3) is 0 Å². The van der Waals surface area contributed by atoms with Gasteiger partial charge in [-0.25, -0.2) is 0 Å². The zero-order valence-corrected chi connectivity index (χ0v) is 10.4. The van der Waals surface area contributed by atoms with Crippen molar-refractivity contribution in [3.05, 3.63) is 28.3 Å². The van der Waals surface area contributed by atoms with E-state index in [1.54, 1.807) is 0 Å². The van der Waals surface area contributed by atoms with Crippen molar-refractivity contribution in [2.45, 2.75) is 32.7 Å². The van der Waals surface area contributed by atoms with Gasteiger partial charge in [-0.15, -0.1) is 0 Å². The van der Waals surface area contributed by atoms with E-state index in [0.29, 0.717) is 17.7 Å². The van der Waals surface area contributed by atoms with Crippen molar-refractivity contribution < 1.29 is 4.74 Å². The van der Waals surface area contributed by atoms with Gasteiger partial charge in [0.15, 0.2) is 0 Å². The van der Waals surface area contributed by atoms with E-state index in [2.05, 4.69) is 18.0 Å². The van der Waals surface area contributed by atoms with Gasteiger partial charge >= 0.3 is 0 Å². The Bertz CT molecular complexity index is 415. The average Bonchev–Trinajstić information content (AvgIpc) is 2.30. The molecule has 86 valence electrons. The number of aliphatic imine (C=N–C) groups is 1. The first-order valence-electron chi connectivity index (χ1n) is 5.73. The second kappa shape index (κ2) is 4.88. The van der Waals surface area contributed by atoms with Crippen molar-refractivity contribution in [3.8, 4) is 5.75 Å². The Kier molecular flexibility index (Phi) is 3.49. The lowest BCUT2D eigenvalue weighted by molar-refractivity contribution is 0.340. The summed E-state index contributed by atoms with van der Waals surface area (Å²) in [5.41, 5.74) is 2.41. The largest absolute Gasteiger partial charge is 0.492 e.